The van der Waals surface area contributed by atoms with Gasteiger partial charge < -0.3 is 9.84 Å². The predicted molar refractivity (Wildman–Crippen MR) is 100 cm³/mol. The lowest BCUT2D eigenvalue weighted by molar-refractivity contribution is 0.0207. The highest BCUT2D eigenvalue weighted by Gasteiger charge is 2.26. The van der Waals surface area contributed by atoms with Crippen LogP contribution in [0.5, 0.6) is 5.75 Å². The number of nitrogens with zero attached hydrogens (tertiary/aromatic N) is 1. The minimum absolute atomic E-state index is 0. The molecule has 1 aromatic carbocycles. The van der Waals surface area contributed by atoms with Crippen LogP contribution in [0.25, 0.3) is 0 Å². The van der Waals surface area contributed by atoms with E-state index in [-0.39, 0.29) is 12.4 Å². The normalized spacial score (nSPS) is 23.7. The fraction of sp³-hybridized carbons (Fsp3) is 0.625. The van der Waals surface area contributed by atoms with Crippen LogP contribution in [0.3, 0.4) is 0 Å². The van der Waals surface area contributed by atoms with Gasteiger partial charge in [-0.3, -0.25) is 4.90 Å². The van der Waals surface area contributed by atoms with Gasteiger partial charge >= 0.3 is 0 Å². The van der Waals surface area contributed by atoms with Crippen molar-refractivity contribution in [3.05, 3.63) is 27.1 Å². The van der Waals surface area contributed by atoms with Crippen LogP contribution in [-0.2, 0) is 0 Å². The molecule has 2 rings (SSSR count). The van der Waals surface area contributed by atoms with Crippen molar-refractivity contribution in [3.8, 4) is 5.75 Å². The fourth-order valence-electron chi connectivity index (χ4n) is 2.91. The van der Waals surface area contributed by atoms with Gasteiger partial charge in [-0.1, -0.05) is 22.4 Å². The van der Waals surface area contributed by atoms with Crippen molar-refractivity contribution < 1.29 is 9.84 Å². The van der Waals surface area contributed by atoms with Crippen LogP contribution in [-0.4, -0.2) is 41.3 Å². The summed E-state index contributed by atoms with van der Waals surface area (Å²) >= 11 is 6.88. The van der Waals surface area contributed by atoms with Crippen LogP contribution in [0, 0.1) is 0 Å². The van der Waals surface area contributed by atoms with Crippen molar-refractivity contribution in [2.45, 2.75) is 51.3 Å². The summed E-state index contributed by atoms with van der Waals surface area (Å²) in [5, 5.41) is 10.3. The molecule has 0 radical (unpaired) electrons. The summed E-state index contributed by atoms with van der Waals surface area (Å²) in [6.45, 7) is 5.48. The van der Waals surface area contributed by atoms with Crippen molar-refractivity contribution in [1.29, 1.82) is 0 Å². The second kappa shape index (κ2) is 9.48. The van der Waals surface area contributed by atoms with E-state index in [1.165, 1.54) is 19.3 Å². The molecule has 1 fully saturated rings. The first kappa shape index (κ1) is 20.2. The Labute approximate surface area is 156 Å². The smallest absolute Gasteiger partial charge is 0.133 e. The number of ether oxygens (including phenoxy) is 1. The molecular weight excluding hydrogens is 433 g/mol. The zero-order valence-electron chi connectivity index (χ0n) is 13.0. The Morgan fingerprint density at radius 2 is 1.91 bits per heavy atom. The van der Waals surface area contributed by atoms with Crippen molar-refractivity contribution in [3.63, 3.8) is 0 Å². The third-order valence-electron chi connectivity index (χ3n) is 4.12. The van der Waals surface area contributed by atoms with Gasteiger partial charge in [0.05, 0.1) is 4.47 Å². The molecule has 6 heteroatoms. The van der Waals surface area contributed by atoms with Gasteiger partial charge in [-0.25, -0.2) is 0 Å². The Bertz CT molecular complexity index is 465. The Hall–Kier alpha value is 0.190. The van der Waals surface area contributed by atoms with Gasteiger partial charge in [-0.05, 0) is 60.8 Å². The summed E-state index contributed by atoms with van der Waals surface area (Å²) in [5.41, 5.74) is 0. The summed E-state index contributed by atoms with van der Waals surface area (Å²) in [5.74, 6) is 0.761. The number of benzene rings is 1. The van der Waals surface area contributed by atoms with Gasteiger partial charge in [0.1, 0.15) is 18.5 Å². The maximum atomic E-state index is 10.3. The van der Waals surface area contributed by atoms with E-state index >= 15 is 0 Å². The first-order valence-electron chi connectivity index (χ1n) is 7.49. The van der Waals surface area contributed by atoms with Crippen molar-refractivity contribution in [2.24, 2.45) is 0 Å². The van der Waals surface area contributed by atoms with Crippen LogP contribution in [0.4, 0.5) is 0 Å². The molecule has 1 saturated heterocycles. The van der Waals surface area contributed by atoms with Crippen LogP contribution < -0.4 is 4.74 Å². The van der Waals surface area contributed by atoms with Crippen molar-refractivity contribution >= 4 is 44.3 Å². The van der Waals surface area contributed by atoms with Gasteiger partial charge in [0.15, 0.2) is 0 Å². The fourth-order valence-corrected chi connectivity index (χ4v) is 4.07. The topological polar surface area (TPSA) is 32.7 Å². The number of likely N-dealkylation sites (tertiary alicyclic amines) is 1. The maximum absolute atomic E-state index is 10.3. The van der Waals surface area contributed by atoms with Crippen molar-refractivity contribution in [2.75, 3.05) is 13.2 Å². The highest BCUT2D eigenvalue weighted by Crippen LogP contribution is 2.28. The van der Waals surface area contributed by atoms with E-state index in [1.807, 2.05) is 18.2 Å². The number of rotatable bonds is 5. The molecule has 0 saturated carbocycles. The predicted octanol–water partition coefficient (Wildman–Crippen LogP) is 4.64. The molecule has 0 amide bonds. The molecule has 1 heterocycles. The molecule has 1 N–H and O–H groups in total. The Kier molecular flexibility index (Phi) is 8.72. The zero-order valence-corrected chi connectivity index (χ0v) is 17.0. The van der Waals surface area contributed by atoms with Crippen LogP contribution in [0.2, 0.25) is 0 Å². The number of aliphatic hydroxyl groups excluding tert-OH is 1. The number of halogens is 3. The molecule has 0 aliphatic carbocycles. The maximum Gasteiger partial charge on any atom is 0.133 e. The molecule has 0 aromatic heterocycles. The summed E-state index contributed by atoms with van der Waals surface area (Å²) in [7, 11) is 0. The van der Waals surface area contributed by atoms with E-state index in [9.17, 15) is 5.11 Å². The number of hydrogen-bond donors (Lipinski definition) is 1. The van der Waals surface area contributed by atoms with Crippen LogP contribution in [0.1, 0.15) is 33.1 Å². The highest BCUT2D eigenvalue weighted by atomic mass is 79.9. The number of β-amino-alcohol motifs (C(OH)–C–C–N with tert-alkyl or cyclic N) is 1. The Morgan fingerprint density at radius 1 is 1.27 bits per heavy atom. The summed E-state index contributed by atoms with van der Waals surface area (Å²) in [4.78, 5) is 2.40. The van der Waals surface area contributed by atoms with E-state index in [2.05, 4.69) is 50.6 Å². The number of hydrogen-bond acceptors (Lipinski definition) is 3. The average molecular weight is 458 g/mol. The molecular formula is C16H24Br2ClNO2. The minimum Gasteiger partial charge on any atom is -0.490 e. The molecule has 3 unspecified atom stereocenters. The third kappa shape index (κ3) is 5.68. The average Bonchev–Trinajstić information content (AvgIpc) is 2.42. The highest BCUT2D eigenvalue weighted by molar-refractivity contribution is 9.11. The molecule has 1 aliphatic rings. The molecule has 1 aliphatic heterocycles. The standard InChI is InChI=1S/C16H23Br2NO2.ClH/c1-11-4-3-5-12(2)19(11)9-14(20)10-21-16-7-6-13(17)8-15(16)18;/h6-8,11-12,14,20H,3-5,9-10H2,1-2H3;1H. The Morgan fingerprint density at radius 3 is 2.50 bits per heavy atom. The molecule has 22 heavy (non-hydrogen) atoms. The molecule has 1 aromatic rings. The van der Waals surface area contributed by atoms with Gasteiger partial charge in [-0.15, -0.1) is 12.4 Å². The number of aliphatic hydroxyl groups is 1. The van der Waals surface area contributed by atoms with Gasteiger partial charge in [0.25, 0.3) is 0 Å². The SMILES string of the molecule is CC1CCCC(C)N1CC(O)COc1ccc(Br)cc1Br.Cl. The second-order valence-corrected chi connectivity index (χ2v) is 7.64. The first-order chi connectivity index (χ1) is 9.97. The quantitative estimate of drug-likeness (QED) is 0.700. The molecule has 0 bridgehead atoms. The lowest BCUT2D eigenvalue weighted by Gasteiger charge is -2.40. The number of piperidine rings is 1. The van der Waals surface area contributed by atoms with E-state index < -0.39 is 6.10 Å². The monoisotopic (exact) mass is 455 g/mol. The van der Waals surface area contributed by atoms with Gasteiger partial charge in [0.2, 0.25) is 0 Å². The van der Waals surface area contributed by atoms with Gasteiger partial charge in [0, 0.05) is 23.1 Å². The summed E-state index contributed by atoms with van der Waals surface area (Å²) < 4.78 is 7.61. The largest absolute Gasteiger partial charge is 0.490 e. The van der Waals surface area contributed by atoms with Gasteiger partial charge in [-0.2, -0.15) is 0 Å². The first-order valence-corrected chi connectivity index (χ1v) is 9.07. The molecule has 3 atom stereocenters. The molecule has 126 valence electrons. The lowest BCUT2D eigenvalue weighted by Crippen LogP contribution is -2.48. The van der Waals surface area contributed by atoms with Crippen LogP contribution >= 0.6 is 44.3 Å². The van der Waals surface area contributed by atoms with E-state index in [4.69, 9.17) is 4.74 Å². The van der Waals surface area contributed by atoms with E-state index in [0.29, 0.717) is 25.2 Å². The molecule has 3 nitrogen and oxygen atoms in total. The lowest BCUT2D eigenvalue weighted by atomic mass is 9.97. The molecule has 0 spiro atoms. The van der Waals surface area contributed by atoms with Crippen molar-refractivity contribution in [1.82, 2.24) is 4.90 Å². The summed E-state index contributed by atoms with van der Waals surface area (Å²) in [6.07, 6.45) is 3.26. The third-order valence-corrected chi connectivity index (χ3v) is 5.24. The zero-order chi connectivity index (χ0) is 15.4. The van der Waals surface area contributed by atoms with E-state index in [1.54, 1.807) is 0 Å². The Balaban J connectivity index is 0.00000242. The summed E-state index contributed by atoms with van der Waals surface area (Å²) in [6, 6.07) is 6.86. The van der Waals surface area contributed by atoms with Crippen LogP contribution in [0.15, 0.2) is 27.1 Å². The minimum atomic E-state index is -0.469. The van der Waals surface area contributed by atoms with E-state index in [0.717, 1.165) is 14.7 Å². The second-order valence-electron chi connectivity index (χ2n) is 5.87.